The highest BCUT2D eigenvalue weighted by Gasteiger charge is 2.23. The predicted molar refractivity (Wildman–Crippen MR) is 90.3 cm³/mol. The van der Waals surface area contributed by atoms with E-state index in [-0.39, 0.29) is 12.2 Å². The fourth-order valence-electron chi connectivity index (χ4n) is 2.97. The molecule has 0 aliphatic carbocycles. The van der Waals surface area contributed by atoms with Crippen molar-refractivity contribution in [1.82, 2.24) is 14.9 Å². The molecule has 132 valence electrons. The van der Waals surface area contributed by atoms with Gasteiger partial charge in [0.2, 0.25) is 0 Å². The summed E-state index contributed by atoms with van der Waals surface area (Å²) in [5, 5.41) is 3.32. The predicted octanol–water partition coefficient (Wildman–Crippen LogP) is 1.35. The molecular weight excluding hydrogens is 310 g/mol. The zero-order valence-electron chi connectivity index (χ0n) is 14.1. The molecule has 1 aromatic heterocycles. The Hall–Kier alpha value is -2.09. The van der Waals surface area contributed by atoms with E-state index in [0.29, 0.717) is 19.7 Å². The summed E-state index contributed by atoms with van der Waals surface area (Å²) >= 11 is 0. The Morgan fingerprint density at radius 2 is 2.21 bits per heavy atom. The van der Waals surface area contributed by atoms with Crippen molar-refractivity contribution >= 4 is 17.7 Å². The number of aromatic nitrogens is 2. The first kappa shape index (κ1) is 16.8. The Morgan fingerprint density at radius 1 is 1.38 bits per heavy atom. The molecule has 0 radical (unpaired) electrons. The summed E-state index contributed by atoms with van der Waals surface area (Å²) in [7, 11) is 0. The number of piperazine rings is 1. The zero-order valence-corrected chi connectivity index (χ0v) is 14.1. The number of amides is 1. The Morgan fingerprint density at radius 3 is 2.92 bits per heavy atom. The summed E-state index contributed by atoms with van der Waals surface area (Å²) in [6, 6.07) is 1.95. The van der Waals surface area contributed by atoms with Gasteiger partial charge in [-0.2, -0.15) is 0 Å². The maximum absolute atomic E-state index is 11.7. The van der Waals surface area contributed by atoms with Gasteiger partial charge >= 0.3 is 6.09 Å². The van der Waals surface area contributed by atoms with E-state index in [1.54, 1.807) is 11.2 Å². The second-order valence-corrected chi connectivity index (χ2v) is 5.95. The first-order valence-electron chi connectivity index (χ1n) is 8.60. The first-order chi connectivity index (χ1) is 11.8. The van der Waals surface area contributed by atoms with E-state index < -0.39 is 0 Å². The molecule has 8 nitrogen and oxygen atoms in total. The van der Waals surface area contributed by atoms with Gasteiger partial charge < -0.3 is 24.6 Å². The van der Waals surface area contributed by atoms with Crippen LogP contribution in [-0.2, 0) is 9.47 Å². The van der Waals surface area contributed by atoms with E-state index in [1.807, 2.05) is 13.0 Å². The molecule has 8 heteroatoms. The molecule has 0 bridgehead atoms. The van der Waals surface area contributed by atoms with Crippen LogP contribution in [0.1, 0.15) is 19.8 Å². The van der Waals surface area contributed by atoms with Crippen molar-refractivity contribution in [3.05, 3.63) is 12.4 Å². The maximum Gasteiger partial charge on any atom is 0.409 e. The minimum absolute atomic E-state index is 0.237. The van der Waals surface area contributed by atoms with Crippen LogP contribution in [0.2, 0.25) is 0 Å². The summed E-state index contributed by atoms with van der Waals surface area (Å²) in [4.78, 5) is 24.3. The summed E-state index contributed by atoms with van der Waals surface area (Å²) in [5.74, 6) is 1.69. The van der Waals surface area contributed by atoms with E-state index in [2.05, 4.69) is 20.2 Å². The second kappa shape index (κ2) is 8.14. The molecule has 2 aliphatic heterocycles. The van der Waals surface area contributed by atoms with Gasteiger partial charge in [-0.05, 0) is 19.8 Å². The molecule has 0 aromatic carbocycles. The molecule has 24 heavy (non-hydrogen) atoms. The molecule has 2 saturated heterocycles. The van der Waals surface area contributed by atoms with Crippen LogP contribution in [-0.4, -0.2) is 73.0 Å². The number of ether oxygens (including phenoxy) is 2. The topological polar surface area (TPSA) is 79.8 Å². The number of anilines is 2. The minimum Gasteiger partial charge on any atom is -0.450 e. The Labute approximate surface area is 142 Å². The third kappa shape index (κ3) is 4.25. The molecule has 3 rings (SSSR count). The molecule has 1 atom stereocenters. The molecule has 0 saturated carbocycles. The van der Waals surface area contributed by atoms with Crippen molar-refractivity contribution in [3.63, 3.8) is 0 Å². The molecule has 0 spiro atoms. The van der Waals surface area contributed by atoms with Gasteiger partial charge in [-0.25, -0.2) is 14.8 Å². The molecule has 1 N–H and O–H groups in total. The van der Waals surface area contributed by atoms with Gasteiger partial charge in [0.05, 0.1) is 12.7 Å². The largest absolute Gasteiger partial charge is 0.450 e. The molecule has 1 amide bonds. The smallest absolute Gasteiger partial charge is 0.409 e. The van der Waals surface area contributed by atoms with Gasteiger partial charge in [-0.1, -0.05) is 0 Å². The zero-order chi connectivity index (χ0) is 16.8. The molecule has 1 unspecified atom stereocenters. The van der Waals surface area contributed by atoms with Crippen molar-refractivity contribution in [3.8, 4) is 0 Å². The lowest BCUT2D eigenvalue weighted by molar-refractivity contribution is 0.105. The van der Waals surface area contributed by atoms with E-state index >= 15 is 0 Å². The third-order valence-corrected chi connectivity index (χ3v) is 4.32. The number of carbonyl (C=O) groups excluding carboxylic acids is 1. The Bertz CT molecular complexity index is 542. The lowest BCUT2D eigenvalue weighted by Gasteiger charge is -2.34. The quantitative estimate of drug-likeness (QED) is 0.870. The second-order valence-electron chi connectivity index (χ2n) is 5.95. The lowest BCUT2D eigenvalue weighted by atomic mass is 10.2. The van der Waals surface area contributed by atoms with Crippen LogP contribution in [0.15, 0.2) is 12.4 Å². The van der Waals surface area contributed by atoms with Gasteiger partial charge in [0.15, 0.2) is 0 Å². The van der Waals surface area contributed by atoms with Crippen LogP contribution in [0.4, 0.5) is 16.4 Å². The van der Waals surface area contributed by atoms with Gasteiger partial charge in [0.25, 0.3) is 0 Å². The average Bonchev–Trinajstić information content (AvgIpc) is 3.14. The highest BCUT2D eigenvalue weighted by Crippen LogP contribution is 2.18. The monoisotopic (exact) mass is 335 g/mol. The highest BCUT2D eigenvalue weighted by atomic mass is 16.6. The first-order valence-corrected chi connectivity index (χ1v) is 8.60. The number of rotatable bonds is 5. The SMILES string of the molecule is CCOC(=O)N1CCN(c2cc(NCC3CCCO3)ncn2)CC1. The van der Waals surface area contributed by atoms with Crippen molar-refractivity contribution < 1.29 is 14.3 Å². The average molecular weight is 335 g/mol. The summed E-state index contributed by atoms with van der Waals surface area (Å²) in [6.45, 7) is 6.61. The van der Waals surface area contributed by atoms with E-state index in [9.17, 15) is 4.79 Å². The van der Waals surface area contributed by atoms with E-state index in [1.165, 1.54) is 0 Å². The van der Waals surface area contributed by atoms with Gasteiger partial charge in [-0.3, -0.25) is 0 Å². The normalized spacial score (nSPS) is 21.0. The van der Waals surface area contributed by atoms with Crippen LogP contribution in [0.25, 0.3) is 0 Å². The summed E-state index contributed by atoms with van der Waals surface area (Å²) in [5.41, 5.74) is 0. The van der Waals surface area contributed by atoms with Crippen LogP contribution < -0.4 is 10.2 Å². The standard InChI is InChI=1S/C16H25N5O3/c1-2-23-16(22)21-7-5-20(6-8-21)15-10-14(18-12-19-15)17-11-13-4-3-9-24-13/h10,12-13H,2-9,11H2,1H3,(H,17,18,19). The van der Waals surface area contributed by atoms with Crippen molar-refractivity contribution in [1.29, 1.82) is 0 Å². The number of hydrogen-bond acceptors (Lipinski definition) is 7. The fraction of sp³-hybridized carbons (Fsp3) is 0.688. The summed E-state index contributed by atoms with van der Waals surface area (Å²) in [6.07, 6.45) is 3.84. The molecule has 2 aliphatic rings. The fourth-order valence-corrected chi connectivity index (χ4v) is 2.97. The number of carbonyl (C=O) groups is 1. The van der Waals surface area contributed by atoms with Crippen LogP contribution in [0, 0.1) is 0 Å². The summed E-state index contributed by atoms with van der Waals surface area (Å²) < 4.78 is 10.7. The molecule has 2 fully saturated rings. The number of nitrogens with one attached hydrogen (secondary N) is 1. The van der Waals surface area contributed by atoms with E-state index in [4.69, 9.17) is 9.47 Å². The highest BCUT2D eigenvalue weighted by molar-refractivity contribution is 5.68. The Balaban J connectivity index is 1.52. The van der Waals surface area contributed by atoms with Crippen molar-refractivity contribution in [2.24, 2.45) is 0 Å². The van der Waals surface area contributed by atoms with Crippen LogP contribution in [0.5, 0.6) is 0 Å². The molecular formula is C16H25N5O3. The number of nitrogens with zero attached hydrogens (tertiary/aromatic N) is 4. The number of hydrogen-bond donors (Lipinski definition) is 1. The van der Waals surface area contributed by atoms with Crippen molar-refractivity contribution in [2.75, 3.05) is 56.2 Å². The Kier molecular flexibility index (Phi) is 5.68. The van der Waals surface area contributed by atoms with E-state index in [0.717, 1.165) is 50.7 Å². The lowest BCUT2D eigenvalue weighted by Crippen LogP contribution is -2.49. The van der Waals surface area contributed by atoms with Gasteiger partial charge in [0, 0.05) is 45.4 Å². The molecule has 1 aromatic rings. The third-order valence-electron chi connectivity index (χ3n) is 4.32. The van der Waals surface area contributed by atoms with Crippen LogP contribution in [0.3, 0.4) is 0 Å². The van der Waals surface area contributed by atoms with Gasteiger partial charge in [0.1, 0.15) is 18.0 Å². The van der Waals surface area contributed by atoms with Crippen molar-refractivity contribution in [2.45, 2.75) is 25.9 Å². The maximum atomic E-state index is 11.7. The van der Waals surface area contributed by atoms with Gasteiger partial charge in [-0.15, -0.1) is 0 Å². The minimum atomic E-state index is -0.237. The molecule has 3 heterocycles. The van der Waals surface area contributed by atoms with Crippen LogP contribution >= 0.6 is 0 Å².